The lowest BCUT2D eigenvalue weighted by Crippen LogP contribution is -2.40. The van der Waals surface area contributed by atoms with Crippen molar-refractivity contribution in [3.05, 3.63) is 52.7 Å². The summed E-state index contributed by atoms with van der Waals surface area (Å²) in [4.78, 5) is 39.7. The second-order valence-corrected chi connectivity index (χ2v) is 5.02. The first-order valence-corrected chi connectivity index (χ1v) is 6.84. The number of likely N-dealkylation sites (tertiary alicyclic amines) is 1. The van der Waals surface area contributed by atoms with Gasteiger partial charge in [0.15, 0.2) is 0 Å². The summed E-state index contributed by atoms with van der Waals surface area (Å²) in [5, 5.41) is 0. The van der Waals surface area contributed by atoms with Gasteiger partial charge in [-0.05, 0) is 25.0 Å². The molecule has 0 aromatic carbocycles. The number of piperidine rings is 1. The molecule has 1 aliphatic rings. The van der Waals surface area contributed by atoms with Crippen molar-refractivity contribution in [1.29, 1.82) is 0 Å². The average molecular weight is 285 g/mol. The van der Waals surface area contributed by atoms with Crippen LogP contribution in [0.3, 0.4) is 0 Å². The molecule has 1 aliphatic heterocycles. The minimum atomic E-state index is -0.355. The highest BCUT2D eigenvalue weighted by Crippen LogP contribution is 2.25. The number of carbonyl (C=O) groups is 1. The van der Waals surface area contributed by atoms with E-state index in [2.05, 4.69) is 19.9 Å². The molecule has 2 aromatic heterocycles. The lowest BCUT2D eigenvalue weighted by molar-refractivity contribution is 0.0699. The van der Waals surface area contributed by atoms with Crippen LogP contribution in [0.5, 0.6) is 0 Å². The molecular weight excluding hydrogens is 270 g/mol. The molecule has 1 fully saturated rings. The van der Waals surface area contributed by atoms with Crippen molar-refractivity contribution in [2.45, 2.75) is 18.8 Å². The van der Waals surface area contributed by atoms with E-state index in [-0.39, 0.29) is 17.5 Å². The molecule has 7 nitrogen and oxygen atoms in total. The standard InChI is InChI=1S/C14H15N5O2/c20-13(12-3-5-15-9-17-12)19-7-1-2-10(8-19)11-4-6-16-14(21)18-11/h3-6,9-10H,1-2,7-8H2,(H,16,18,21)/t10-/m0/s1. The van der Waals surface area contributed by atoms with E-state index < -0.39 is 0 Å². The number of rotatable bonds is 2. The van der Waals surface area contributed by atoms with Crippen molar-refractivity contribution in [2.24, 2.45) is 0 Å². The van der Waals surface area contributed by atoms with E-state index in [0.717, 1.165) is 18.5 Å². The molecule has 2 aromatic rings. The van der Waals surface area contributed by atoms with Gasteiger partial charge in [0, 0.05) is 37.1 Å². The van der Waals surface area contributed by atoms with Crippen molar-refractivity contribution in [3.63, 3.8) is 0 Å². The first-order chi connectivity index (χ1) is 10.2. The molecule has 108 valence electrons. The fourth-order valence-electron chi connectivity index (χ4n) is 2.62. The Labute approximate surface area is 121 Å². The summed E-state index contributed by atoms with van der Waals surface area (Å²) in [6, 6.07) is 3.41. The molecule has 1 amide bonds. The van der Waals surface area contributed by atoms with Gasteiger partial charge in [0.25, 0.3) is 5.91 Å². The fraction of sp³-hybridized carbons (Fsp3) is 0.357. The van der Waals surface area contributed by atoms with E-state index in [0.29, 0.717) is 18.8 Å². The summed E-state index contributed by atoms with van der Waals surface area (Å²) < 4.78 is 0. The third-order valence-electron chi connectivity index (χ3n) is 3.65. The van der Waals surface area contributed by atoms with Gasteiger partial charge in [-0.2, -0.15) is 0 Å². The molecule has 3 rings (SSSR count). The second kappa shape index (κ2) is 5.82. The van der Waals surface area contributed by atoms with Crippen LogP contribution in [0, 0.1) is 0 Å². The molecule has 1 saturated heterocycles. The smallest absolute Gasteiger partial charge is 0.337 e. The van der Waals surface area contributed by atoms with E-state index in [1.165, 1.54) is 12.5 Å². The molecule has 3 heterocycles. The maximum Gasteiger partial charge on any atom is 0.345 e. The third-order valence-corrected chi connectivity index (χ3v) is 3.65. The Bertz CT molecular complexity index is 685. The van der Waals surface area contributed by atoms with E-state index >= 15 is 0 Å². The second-order valence-electron chi connectivity index (χ2n) is 5.02. The predicted molar refractivity (Wildman–Crippen MR) is 74.8 cm³/mol. The highest BCUT2D eigenvalue weighted by Gasteiger charge is 2.26. The molecular formula is C14H15N5O2. The molecule has 0 bridgehead atoms. The average Bonchev–Trinajstić information content (AvgIpc) is 2.55. The number of aromatic amines is 1. The number of nitrogens with one attached hydrogen (secondary N) is 1. The lowest BCUT2D eigenvalue weighted by Gasteiger charge is -2.32. The van der Waals surface area contributed by atoms with Crippen molar-refractivity contribution in [3.8, 4) is 0 Å². The van der Waals surface area contributed by atoms with E-state index in [4.69, 9.17) is 0 Å². The summed E-state index contributed by atoms with van der Waals surface area (Å²) in [7, 11) is 0. The van der Waals surface area contributed by atoms with Crippen LogP contribution in [-0.2, 0) is 0 Å². The zero-order chi connectivity index (χ0) is 14.7. The summed E-state index contributed by atoms with van der Waals surface area (Å²) >= 11 is 0. The lowest BCUT2D eigenvalue weighted by atomic mass is 9.94. The van der Waals surface area contributed by atoms with Crippen LogP contribution in [0.25, 0.3) is 0 Å². The minimum absolute atomic E-state index is 0.0986. The highest BCUT2D eigenvalue weighted by molar-refractivity contribution is 5.92. The van der Waals surface area contributed by atoms with Crippen LogP contribution in [-0.4, -0.2) is 43.8 Å². The first kappa shape index (κ1) is 13.4. The largest absolute Gasteiger partial charge is 0.345 e. The Kier molecular flexibility index (Phi) is 3.72. The maximum atomic E-state index is 12.4. The Morgan fingerprint density at radius 1 is 1.29 bits per heavy atom. The van der Waals surface area contributed by atoms with Crippen molar-refractivity contribution >= 4 is 5.91 Å². The number of carbonyl (C=O) groups excluding carboxylic acids is 1. The topological polar surface area (TPSA) is 91.8 Å². The number of H-pyrrole nitrogens is 1. The summed E-state index contributed by atoms with van der Waals surface area (Å²) in [6.07, 6.45) is 6.26. The van der Waals surface area contributed by atoms with Crippen LogP contribution in [0.2, 0.25) is 0 Å². The third kappa shape index (κ3) is 2.96. The van der Waals surface area contributed by atoms with Gasteiger partial charge in [-0.15, -0.1) is 0 Å². The van der Waals surface area contributed by atoms with Gasteiger partial charge in [0.05, 0.1) is 0 Å². The zero-order valence-corrected chi connectivity index (χ0v) is 11.4. The molecule has 0 unspecified atom stereocenters. The van der Waals surface area contributed by atoms with Crippen LogP contribution >= 0.6 is 0 Å². The number of nitrogens with zero attached hydrogens (tertiary/aromatic N) is 4. The molecule has 0 spiro atoms. The maximum absolute atomic E-state index is 12.4. The van der Waals surface area contributed by atoms with E-state index in [9.17, 15) is 9.59 Å². The number of aromatic nitrogens is 4. The van der Waals surface area contributed by atoms with E-state index in [1.807, 2.05) is 0 Å². The summed E-state index contributed by atoms with van der Waals surface area (Å²) in [6.45, 7) is 1.28. The van der Waals surface area contributed by atoms with Crippen LogP contribution < -0.4 is 5.69 Å². The zero-order valence-electron chi connectivity index (χ0n) is 11.4. The first-order valence-electron chi connectivity index (χ1n) is 6.84. The highest BCUT2D eigenvalue weighted by atomic mass is 16.2. The van der Waals surface area contributed by atoms with Crippen LogP contribution in [0.1, 0.15) is 34.9 Å². The van der Waals surface area contributed by atoms with Crippen LogP contribution in [0.4, 0.5) is 0 Å². The molecule has 0 saturated carbocycles. The normalized spacial score (nSPS) is 18.5. The molecule has 0 aliphatic carbocycles. The molecule has 7 heteroatoms. The minimum Gasteiger partial charge on any atom is -0.337 e. The van der Waals surface area contributed by atoms with Crippen molar-refractivity contribution in [1.82, 2.24) is 24.8 Å². The number of hydrogen-bond donors (Lipinski definition) is 1. The Balaban J connectivity index is 1.77. The quantitative estimate of drug-likeness (QED) is 0.871. The predicted octanol–water partition coefficient (Wildman–Crippen LogP) is 0.580. The Morgan fingerprint density at radius 2 is 2.19 bits per heavy atom. The number of amides is 1. The number of hydrogen-bond acceptors (Lipinski definition) is 5. The van der Waals surface area contributed by atoms with Crippen molar-refractivity contribution < 1.29 is 4.79 Å². The molecule has 21 heavy (non-hydrogen) atoms. The van der Waals surface area contributed by atoms with Gasteiger partial charge >= 0.3 is 5.69 Å². The monoisotopic (exact) mass is 285 g/mol. The summed E-state index contributed by atoms with van der Waals surface area (Å²) in [5.41, 5.74) is 0.871. The Hall–Kier alpha value is -2.57. The van der Waals surface area contributed by atoms with Gasteiger partial charge in [-0.3, -0.25) is 4.79 Å². The molecule has 1 N–H and O–H groups in total. The summed E-state index contributed by atoms with van der Waals surface area (Å²) in [5.74, 6) is 0.0266. The van der Waals surface area contributed by atoms with Crippen molar-refractivity contribution in [2.75, 3.05) is 13.1 Å². The Morgan fingerprint density at radius 3 is 2.95 bits per heavy atom. The van der Waals surface area contributed by atoms with Gasteiger partial charge in [0.1, 0.15) is 12.0 Å². The SMILES string of the molecule is O=C(c1ccncn1)N1CCC[C@H](c2ccnc(=O)[nH]2)C1. The van der Waals surface area contributed by atoms with Gasteiger partial charge in [0.2, 0.25) is 0 Å². The van der Waals surface area contributed by atoms with E-state index in [1.54, 1.807) is 23.2 Å². The van der Waals surface area contributed by atoms with Crippen LogP contribution in [0.15, 0.2) is 35.6 Å². The molecule has 0 radical (unpaired) electrons. The fourth-order valence-corrected chi connectivity index (χ4v) is 2.62. The molecule has 1 atom stereocenters. The van der Waals surface area contributed by atoms with Gasteiger partial charge in [-0.1, -0.05) is 0 Å². The van der Waals surface area contributed by atoms with Gasteiger partial charge in [-0.25, -0.2) is 19.7 Å². The van der Waals surface area contributed by atoms with Gasteiger partial charge < -0.3 is 9.88 Å².